The summed E-state index contributed by atoms with van der Waals surface area (Å²) in [5, 5.41) is 6.72. The second-order valence-electron chi connectivity index (χ2n) is 5.40. The number of likely N-dealkylation sites (N-methyl/N-ethyl adjacent to an activating group) is 1. The average molecular weight is 287 g/mol. The number of rotatable bonds is 3. The van der Waals surface area contributed by atoms with Crippen LogP contribution in [0, 0.1) is 0 Å². The normalized spacial score (nSPS) is 24.7. The molecule has 0 aliphatic carbocycles. The molecule has 1 fully saturated rings. The van der Waals surface area contributed by atoms with Gasteiger partial charge in [0.1, 0.15) is 5.71 Å². The van der Waals surface area contributed by atoms with Crippen molar-refractivity contribution in [1.29, 1.82) is 0 Å². The van der Waals surface area contributed by atoms with E-state index in [0.717, 1.165) is 5.56 Å². The van der Waals surface area contributed by atoms with Crippen molar-refractivity contribution in [2.75, 3.05) is 13.6 Å². The topological polar surface area (TPSA) is 71.0 Å². The van der Waals surface area contributed by atoms with Crippen LogP contribution in [0.3, 0.4) is 0 Å². The van der Waals surface area contributed by atoms with Crippen LogP contribution in [-0.2, 0) is 14.4 Å². The zero-order valence-corrected chi connectivity index (χ0v) is 11.8. The van der Waals surface area contributed by atoms with E-state index in [1.165, 1.54) is 0 Å². The van der Waals surface area contributed by atoms with Crippen LogP contribution >= 0.6 is 0 Å². The van der Waals surface area contributed by atoms with Crippen LogP contribution < -0.4 is 5.32 Å². The summed E-state index contributed by atoms with van der Waals surface area (Å²) in [5.41, 5.74) is 1.38. The highest BCUT2D eigenvalue weighted by molar-refractivity contribution is 6.39. The molecule has 21 heavy (non-hydrogen) atoms. The zero-order valence-electron chi connectivity index (χ0n) is 11.8. The maximum absolute atomic E-state index is 12.1. The van der Waals surface area contributed by atoms with Crippen molar-refractivity contribution in [3.8, 4) is 0 Å². The molecule has 110 valence electrons. The first-order valence-corrected chi connectivity index (χ1v) is 6.96. The van der Waals surface area contributed by atoms with Gasteiger partial charge >= 0.3 is 0 Å². The Labute approximate surface area is 122 Å². The van der Waals surface area contributed by atoms with Gasteiger partial charge in [-0.1, -0.05) is 35.5 Å². The van der Waals surface area contributed by atoms with Crippen LogP contribution in [-0.4, -0.2) is 42.1 Å². The highest BCUT2D eigenvalue weighted by Gasteiger charge is 2.32. The van der Waals surface area contributed by atoms with Crippen molar-refractivity contribution in [2.24, 2.45) is 5.16 Å². The van der Waals surface area contributed by atoms with E-state index in [1.54, 1.807) is 11.9 Å². The molecule has 1 N–H and O–H groups in total. The van der Waals surface area contributed by atoms with E-state index in [9.17, 15) is 9.59 Å². The third-order valence-corrected chi connectivity index (χ3v) is 3.78. The van der Waals surface area contributed by atoms with E-state index in [0.29, 0.717) is 25.1 Å². The fourth-order valence-corrected chi connectivity index (χ4v) is 2.59. The highest BCUT2D eigenvalue weighted by atomic mass is 16.6. The van der Waals surface area contributed by atoms with Gasteiger partial charge in [0.25, 0.3) is 5.91 Å². The molecular weight excluding hydrogens is 270 g/mol. The molecule has 0 saturated carbocycles. The molecule has 2 aliphatic rings. The van der Waals surface area contributed by atoms with Crippen molar-refractivity contribution in [2.45, 2.75) is 25.0 Å². The molecule has 0 radical (unpaired) electrons. The standard InChI is InChI=1S/C15H17N3O3/c1-18-9-11(7-14(18)19)16-15(20)12-8-13(21-17-12)10-5-3-2-4-6-10/h2-6,11,13H,7-9H2,1H3,(H,16,20)/t11-,13+/m1/s1. The van der Waals surface area contributed by atoms with Crippen molar-refractivity contribution in [3.05, 3.63) is 35.9 Å². The first-order valence-electron chi connectivity index (χ1n) is 6.96. The Morgan fingerprint density at radius 3 is 2.76 bits per heavy atom. The lowest BCUT2D eigenvalue weighted by atomic mass is 10.0. The fourth-order valence-electron chi connectivity index (χ4n) is 2.59. The van der Waals surface area contributed by atoms with Gasteiger partial charge in [-0.2, -0.15) is 0 Å². The molecular formula is C15H17N3O3. The number of amides is 2. The van der Waals surface area contributed by atoms with Crippen LogP contribution in [0.1, 0.15) is 24.5 Å². The van der Waals surface area contributed by atoms with Crippen LogP contribution in [0.15, 0.2) is 35.5 Å². The summed E-state index contributed by atoms with van der Waals surface area (Å²) in [6.07, 6.45) is 0.588. The summed E-state index contributed by atoms with van der Waals surface area (Å²) < 4.78 is 0. The fraction of sp³-hybridized carbons (Fsp3) is 0.400. The number of hydrogen-bond acceptors (Lipinski definition) is 4. The maximum Gasteiger partial charge on any atom is 0.269 e. The molecule has 0 bridgehead atoms. The van der Waals surface area contributed by atoms with Gasteiger partial charge in [0.05, 0.1) is 6.04 Å². The number of nitrogens with zero attached hydrogens (tertiary/aromatic N) is 2. The minimum atomic E-state index is -0.249. The van der Waals surface area contributed by atoms with Crippen LogP contribution in [0.25, 0.3) is 0 Å². The summed E-state index contributed by atoms with van der Waals surface area (Å²) in [6.45, 7) is 0.542. The second kappa shape index (κ2) is 5.55. The van der Waals surface area contributed by atoms with E-state index in [1.807, 2.05) is 30.3 Å². The molecule has 1 saturated heterocycles. The summed E-state index contributed by atoms with van der Waals surface area (Å²) in [5.74, 6) is -0.200. The Morgan fingerprint density at radius 1 is 1.33 bits per heavy atom. The molecule has 6 nitrogen and oxygen atoms in total. The predicted molar refractivity (Wildman–Crippen MR) is 76.5 cm³/mol. The van der Waals surface area contributed by atoms with Gasteiger partial charge in [-0.15, -0.1) is 0 Å². The smallest absolute Gasteiger partial charge is 0.269 e. The van der Waals surface area contributed by atoms with Crippen LogP contribution in [0.2, 0.25) is 0 Å². The number of nitrogens with one attached hydrogen (secondary N) is 1. The summed E-state index contributed by atoms with van der Waals surface area (Å²) in [6, 6.07) is 9.54. The van der Waals surface area contributed by atoms with Crippen molar-refractivity contribution < 1.29 is 14.4 Å². The Kier molecular flexibility index (Phi) is 3.60. The number of benzene rings is 1. The minimum Gasteiger partial charge on any atom is -0.387 e. The molecule has 0 aromatic heterocycles. The van der Waals surface area contributed by atoms with Crippen molar-refractivity contribution >= 4 is 17.5 Å². The van der Waals surface area contributed by atoms with Gasteiger partial charge in [-0.3, -0.25) is 9.59 Å². The molecule has 1 aromatic rings. The highest BCUT2D eigenvalue weighted by Crippen LogP contribution is 2.27. The van der Waals surface area contributed by atoms with Gasteiger partial charge < -0.3 is 15.1 Å². The van der Waals surface area contributed by atoms with Gasteiger partial charge in [-0.05, 0) is 5.56 Å². The second-order valence-corrected chi connectivity index (χ2v) is 5.40. The summed E-state index contributed by atoms with van der Waals surface area (Å²) in [7, 11) is 1.73. The molecule has 2 amide bonds. The third kappa shape index (κ3) is 2.89. The summed E-state index contributed by atoms with van der Waals surface area (Å²) in [4.78, 5) is 30.5. The van der Waals surface area contributed by atoms with Crippen molar-refractivity contribution in [1.82, 2.24) is 10.2 Å². The number of carbonyl (C=O) groups is 2. The Balaban J connectivity index is 1.56. The van der Waals surface area contributed by atoms with Gasteiger partial charge in [-0.25, -0.2) is 0 Å². The molecule has 3 rings (SSSR count). The first kappa shape index (κ1) is 13.6. The quantitative estimate of drug-likeness (QED) is 0.896. The average Bonchev–Trinajstić information content (AvgIpc) is 3.08. The number of hydrogen-bond donors (Lipinski definition) is 1. The zero-order chi connectivity index (χ0) is 14.8. The first-order chi connectivity index (χ1) is 10.1. The Morgan fingerprint density at radius 2 is 2.10 bits per heavy atom. The lowest BCUT2D eigenvalue weighted by Gasteiger charge is -2.12. The number of oxime groups is 1. The van der Waals surface area contributed by atoms with Crippen LogP contribution in [0.4, 0.5) is 0 Å². The Hall–Kier alpha value is -2.37. The SMILES string of the molecule is CN1C[C@H](NC(=O)C2=NO[C@H](c3ccccc3)C2)CC1=O. The minimum absolute atomic E-state index is 0.0482. The van der Waals surface area contributed by atoms with E-state index >= 15 is 0 Å². The molecule has 0 unspecified atom stereocenters. The predicted octanol–water partition coefficient (Wildman–Crippen LogP) is 0.851. The molecule has 1 aromatic carbocycles. The van der Waals surface area contributed by atoms with E-state index in [-0.39, 0.29) is 24.0 Å². The molecule has 2 heterocycles. The third-order valence-electron chi connectivity index (χ3n) is 3.78. The van der Waals surface area contributed by atoms with Gasteiger partial charge in [0.2, 0.25) is 5.91 Å². The lowest BCUT2D eigenvalue weighted by molar-refractivity contribution is -0.126. The Bertz CT molecular complexity index is 585. The molecule has 2 atom stereocenters. The van der Waals surface area contributed by atoms with E-state index in [2.05, 4.69) is 10.5 Å². The molecule has 6 heteroatoms. The van der Waals surface area contributed by atoms with Crippen molar-refractivity contribution in [3.63, 3.8) is 0 Å². The molecule has 0 spiro atoms. The summed E-state index contributed by atoms with van der Waals surface area (Å²) >= 11 is 0. The van der Waals surface area contributed by atoms with Gasteiger partial charge in [0.15, 0.2) is 6.10 Å². The number of likely N-dealkylation sites (tertiary alicyclic amines) is 1. The maximum atomic E-state index is 12.1. The van der Waals surface area contributed by atoms with E-state index in [4.69, 9.17) is 4.84 Å². The van der Waals surface area contributed by atoms with E-state index < -0.39 is 0 Å². The lowest BCUT2D eigenvalue weighted by Crippen LogP contribution is -2.40. The van der Waals surface area contributed by atoms with Gasteiger partial charge in [0, 0.05) is 26.4 Å². The largest absolute Gasteiger partial charge is 0.387 e. The van der Waals surface area contributed by atoms with Crippen LogP contribution in [0.5, 0.6) is 0 Å². The monoisotopic (exact) mass is 287 g/mol. The number of carbonyl (C=O) groups excluding carboxylic acids is 2. The molecule has 2 aliphatic heterocycles.